The van der Waals surface area contributed by atoms with E-state index in [9.17, 15) is 9.59 Å². The molecule has 0 atom stereocenters. The molecule has 144 valence electrons. The fraction of sp³-hybridized carbons (Fsp3) is 0.900. The van der Waals surface area contributed by atoms with E-state index in [1.165, 1.54) is 4.90 Å². The number of likely N-dealkylation sites (tertiary alicyclic amines) is 1. The standard InChI is InChI=1S/C20H37N3O2/c1-15(2)7-10-23-19(25)22(14-17(5)6)18(24)20(23)8-11-21(12-9-20)13-16(3)4/h15-17H,7-14H2,1-6H3. The lowest BCUT2D eigenvalue weighted by Crippen LogP contribution is -2.57. The zero-order chi connectivity index (χ0) is 18.8. The molecule has 0 aromatic rings. The molecule has 3 amide bonds. The van der Waals surface area contributed by atoms with E-state index in [-0.39, 0.29) is 11.9 Å². The Balaban J connectivity index is 2.19. The van der Waals surface area contributed by atoms with Crippen molar-refractivity contribution in [2.45, 2.75) is 66.3 Å². The lowest BCUT2D eigenvalue weighted by Gasteiger charge is -2.42. The highest BCUT2D eigenvalue weighted by atomic mass is 16.2. The molecule has 5 nitrogen and oxygen atoms in total. The molecule has 5 heteroatoms. The normalized spacial score (nSPS) is 21.6. The zero-order valence-corrected chi connectivity index (χ0v) is 17.0. The second-order valence-electron chi connectivity index (χ2n) is 9.15. The molecule has 0 saturated carbocycles. The number of imide groups is 1. The van der Waals surface area contributed by atoms with Crippen LogP contribution in [0.2, 0.25) is 0 Å². The maximum absolute atomic E-state index is 13.3. The molecule has 2 rings (SSSR count). The van der Waals surface area contributed by atoms with E-state index < -0.39 is 5.54 Å². The summed E-state index contributed by atoms with van der Waals surface area (Å²) in [7, 11) is 0. The monoisotopic (exact) mass is 351 g/mol. The maximum Gasteiger partial charge on any atom is 0.327 e. The summed E-state index contributed by atoms with van der Waals surface area (Å²) in [5.41, 5.74) is -0.589. The van der Waals surface area contributed by atoms with Crippen LogP contribution in [-0.2, 0) is 4.79 Å². The van der Waals surface area contributed by atoms with Crippen LogP contribution < -0.4 is 0 Å². The van der Waals surface area contributed by atoms with Crippen molar-refractivity contribution in [2.24, 2.45) is 17.8 Å². The van der Waals surface area contributed by atoms with E-state index in [1.807, 2.05) is 4.90 Å². The van der Waals surface area contributed by atoms with Gasteiger partial charge in [-0.05, 0) is 37.0 Å². The van der Waals surface area contributed by atoms with Crippen LogP contribution in [0.25, 0.3) is 0 Å². The summed E-state index contributed by atoms with van der Waals surface area (Å²) in [6, 6.07) is -0.0586. The highest BCUT2D eigenvalue weighted by molar-refractivity contribution is 6.07. The number of nitrogens with zero attached hydrogens (tertiary/aromatic N) is 3. The van der Waals surface area contributed by atoms with Crippen LogP contribution in [0.1, 0.15) is 60.8 Å². The van der Waals surface area contributed by atoms with Gasteiger partial charge in [0.25, 0.3) is 5.91 Å². The molecule has 2 saturated heterocycles. The first-order valence-corrected chi connectivity index (χ1v) is 10.0. The van der Waals surface area contributed by atoms with Gasteiger partial charge in [0.15, 0.2) is 0 Å². The number of hydrogen-bond donors (Lipinski definition) is 0. The lowest BCUT2D eigenvalue weighted by atomic mass is 9.85. The summed E-state index contributed by atoms with van der Waals surface area (Å²) >= 11 is 0. The Labute approximate surface area is 153 Å². The van der Waals surface area contributed by atoms with Gasteiger partial charge in [-0.3, -0.25) is 9.69 Å². The number of carbonyl (C=O) groups is 2. The molecule has 1 spiro atoms. The van der Waals surface area contributed by atoms with Gasteiger partial charge < -0.3 is 9.80 Å². The van der Waals surface area contributed by atoms with E-state index in [1.54, 1.807) is 0 Å². The molecule has 2 aliphatic rings. The Kier molecular flexibility index (Phi) is 6.52. The van der Waals surface area contributed by atoms with Gasteiger partial charge in [-0.25, -0.2) is 4.79 Å². The predicted molar refractivity (Wildman–Crippen MR) is 101 cm³/mol. The number of hydrogen-bond acceptors (Lipinski definition) is 3. The summed E-state index contributed by atoms with van der Waals surface area (Å²) in [5, 5.41) is 0. The minimum absolute atomic E-state index is 0.0548. The largest absolute Gasteiger partial charge is 0.327 e. The van der Waals surface area contributed by atoms with Crippen molar-refractivity contribution in [1.82, 2.24) is 14.7 Å². The topological polar surface area (TPSA) is 43.9 Å². The highest BCUT2D eigenvalue weighted by Gasteiger charge is 2.57. The molecule has 0 aromatic carbocycles. The third kappa shape index (κ3) is 4.36. The minimum Gasteiger partial charge on any atom is -0.309 e. The zero-order valence-electron chi connectivity index (χ0n) is 17.0. The van der Waals surface area contributed by atoms with E-state index in [4.69, 9.17) is 0 Å². The van der Waals surface area contributed by atoms with Gasteiger partial charge in [0.05, 0.1) is 0 Å². The van der Waals surface area contributed by atoms with E-state index in [2.05, 4.69) is 46.4 Å². The van der Waals surface area contributed by atoms with Gasteiger partial charge in [-0.1, -0.05) is 41.5 Å². The van der Waals surface area contributed by atoms with Crippen LogP contribution in [0.4, 0.5) is 4.79 Å². The third-order valence-electron chi connectivity index (χ3n) is 5.41. The van der Waals surface area contributed by atoms with Crippen LogP contribution in [0.3, 0.4) is 0 Å². The van der Waals surface area contributed by atoms with E-state index in [0.29, 0.717) is 30.8 Å². The Bertz CT molecular complexity index is 479. The van der Waals surface area contributed by atoms with Crippen molar-refractivity contribution in [1.29, 1.82) is 0 Å². The maximum atomic E-state index is 13.3. The van der Waals surface area contributed by atoms with Gasteiger partial charge >= 0.3 is 6.03 Å². The molecule has 25 heavy (non-hydrogen) atoms. The number of carbonyl (C=O) groups excluding carboxylic acids is 2. The number of piperidine rings is 1. The first-order chi connectivity index (χ1) is 11.7. The molecule has 0 bridgehead atoms. The predicted octanol–water partition coefficient (Wildman–Crippen LogP) is 3.44. The lowest BCUT2D eigenvalue weighted by molar-refractivity contribution is -0.136. The van der Waals surface area contributed by atoms with Gasteiger partial charge in [-0.2, -0.15) is 0 Å². The second kappa shape index (κ2) is 8.07. The first kappa shape index (κ1) is 20.2. The van der Waals surface area contributed by atoms with Crippen LogP contribution in [-0.4, -0.2) is 64.9 Å². The summed E-state index contributed by atoms with van der Waals surface area (Å²) in [4.78, 5) is 32.2. The van der Waals surface area contributed by atoms with Gasteiger partial charge in [0.1, 0.15) is 5.54 Å². The number of rotatable bonds is 7. The fourth-order valence-electron chi connectivity index (χ4n) is 4.11. The van der Waals surface area contributed by atoms with Crippen molar-refractivity contribution >= 4 is 11.9 Å². The van der Waals surface area contributed by atoms with Crippen molar-refractivity contribution in [3.05, 3.63) is 0 Å². The molecule has 0 unspecified atom stereocenters. The minimum atomic E-state index is -0.589. The first-order valence-electron chi connectivity index (χ1n) is 10.0. The summed E-state index contributed by atoms with van der Waals surface area (Å²) < 4.78 is 0. The summed E-state index contributed by atoms with van der Waals surface area (Å²) in [6.07, 6.45) is 2.50. The summed E-state index contributed by atoms with van der Waals surface area (Å²) in [5.74, 6) is 1.51. The average molecular weight is 352 g/mol. The second-order valence-corrected chi connectivity index (χ2v) is 9.15. The van der Waals surface area contributed by atoms with Crippen molar-refractivity contribution in [3.63, 3.8) is 0 Å². The van der Waals surface area contributed by atoms with Crippen LogP contribution in [0.5, 0.6) is 0 Å². The molecule has 2 aliphatic heterocycles. The fourth-order valence-corrected chi connectivity index (χ4v) is 4.11. The molecular weight excluding hydrogens is 314 g/mol. The quantitative estimate of drug-likeness (QED) is 0.660. The molecule has 0 radical (unpaired) electrons. The molecule has 0 N–H and O–H groups in total. The Morgan fingerprint density at radius 2 is 1.44 bits per heavy atom. The highest BCUT2D eigenvalue weighted by Crippen LogP contribution is 2.38. The van der Waals surface area contributed by atoms with E-state index in [0.717, 1.165) is 38.9 Å². The third-order valence-corrected chi connectivity index (χ3v) is 5.41. The average Bonchev–Trinajstić information content (AvgIpc) is 2.69. The van der Waals surface area contributed by atoms with Crippen LogP contribution in [0.15, 0.2) is 0 Å². The number of urea groups is 1. The van der Waals surface area contributed by atoms with Crippen LogP contribution in [0, 0.1) is 17.8 Å². The Morgan fingerprint density at radius 1 is 0.880 bits per heavy atom. The molecule has 2 heterocycles. The smallest absolute Gasteiger partial charge is 0.309 e. The molecule has 2 fully saturated rings. The van der Waals surface area contributed by atoms with Crippen LogP contribution >= 0.6 is 0 Å². The number of amides is 3. The van der Waals surface area contributed by atoms with Gasteiger partial charge in [-0.15, -0.1) is 0 Å². The molecular formula is C20H37N3O2. The molecule has 0 aromatic heterocycles. The summed E-state index contributed by atoms with van der Waals surface area (Å²) in [6.45, 7) is 17.1. The van der Waals surface area contributed by atoms with Gasteiger partial charge in [0, 0.05) is 32.7 Å². The van der Waals surface area contributed by atoms with Crippen molar-refractivity contribution in [3.8, 4) is 0 Å². The van der Waals surface area contributed by atoms with E-state index >= 15 is 0 Å². The Morgan fingerprint density at radius 3 is 1.92 bits per heavy atom. The van der Waals surface area contributed by atoms with Crippen molar-refractivity contribution < 1.29 is 9.59 Å². The Hall–Kier alpha value is -1.10. The van der Waals surface area contributed by atoms with Crippen molar-refractivity contribution in [2.75, 3.05) is 32.7 Å². The van der Waals surface area contributed by atoms with Gasteiger partial charge in [0.2, 0.25) is 0 Å². The molecule has 0 aliphatic carbocycles. The SMILES string of the molecule is CC(C)CCN1C(=O)N(CC(C)C)C(=O)C12CCN(CC(C)C)CC2.